The number of nitrogens with zero attached hydrogens (tertiary/aromatic N) is 1. The lowest BCUT2D eigenvalue weighted by Gasteiger charge is -2.34. The van der Waals surface area contributed by atoms with Crippen LogP contribution in [0.25, 0.3) is 0 Å². The van der Waals surface area contributed by atoms with Gasteiger partial charge in [-0.1, -0.05) is 39.0 Å². The van der Waals surface area contributed by atoms with Crippen LogP contribution in [0.3, 0.4) is 0 Å². The molecule has 0 aromatic heterocycles. The molecule has 0 radical (unpaired) electrons. The van der Waals surface area contributed by atoms with Crippen molar-refractivity contribution in [3.05, 3.63) is 35.4 Å². The van der Waals surface area contributed by atoms with Gasteiger partial charge in [0.2, 0.25) is 11.8 Å². The smallest absolute Gasteiger partial charge is 0.255 e. The number of rotatable bonds is 1. The van der Waals surface area contributed by atoms with Crippen LogP contribution in [0.4, 0.5) is 0 Å². The van der Waals surface area contributed by atoms with Gasteiger partial charge >= 0.3 is 0 Å². The number of fused-ring (bicyclic) bond motifs is 1. The molecule has 0 aliphatic carbocycles. The second-order valence-corrected chi connectivity index (χ2v) is 5.13. The van der Waals surface area contributed by atoms with Crippen molar-refractivity contribution in [2.75, 3.05) is 0 Å². The van der Waals surface area contributed by atoms with Crippen LogP contribution in [-0.2, 0) is 16.1 Å². The van der Waals surface area contributed by atoms with Crippen molar-refractivity contribution in [1.29, 1.82) is 0 Å². The van der Waals surface area contributed by atoms with Crippen molar-refractivity contribution < 1.29 is 14.4 Å². The van der Waals surface area contributed by atoms with Crippen LogP contribution in [0.2, 0.25) is 0 Å². The molecule has 21 heavy (non-hydrogen) atoms. The van der Waals surface area contributed by atoms with E-state index in [1.807, 2.05) is 39.0 Å². The molecule has 1 aromatic rings. The van der Waals surface area contributed by atoms with E-state index in [-0.39, 0.29) is 30.1 Å². The Morgan fingerprint density at radius 3 is 2.43 bits per heavy atom. The number of hydrogen-bond donors (Lipinski definition) is 1. The fourth-order valence-corrected chi connectivity index (χ4v) is 2.88. The Hall–Kier alpha value is -2.17. The van der Waals surface area contributed by atoms with Crippen LogP contribution in [0.15, 0.2) is 24.3 Å². The summed E-state index contributed by atoms with van der Waals surface area (Å²) in [5.41, 5.74) is 1.59. The monoisotopic (exact) mass is 288 g/mol. The largest absolute Gasteiger partial charge is 0.322 e. The third kappa shape index (κ3) is 2.68. The number of carbonyl (C=O) groups excluding carboxylic acids is 3. The molecular formula is C16H20N2O3. The molecule has 3 rings (SSSR count). The summed E-state index contributed by atoms with van der Waals surface area (Å²) in [5.74, 6) is -0.917. The maximum absolute atomic E-state index is 12.3. The SMILES string of the molecule is CC.C[C@H]1CC(=O)NC(=O)[C@H]1N1Cc2ccccc2C1=O. The first-order chi connectivity index (χ1) is 10.1. The summed E-state index contributed by atoms with van der Waals surface area (Å²) in [6.07, 6.45) is 0.274. The lowest BCUT2D eigenvalue weighted by atomic mass is 9.92. The van der Waals surface area contributed by atoms with Gasteiger partial charge in [-0.15, -0.1) is 0 Å². The van der Waals surface area contributed by atoms with Crippen LogP contribution in [0, 0.1) is 5.92 Å². The maximum atomic E-state index is 12.3. The molecule has 0 unspecified atom stereocenters. The van der Waals surface area contributed by atoms with Gasteiger partial charge in [-0.25, -0.2) is 0 Å². The van der Waals surface area contributed by atoms with E-state index in [4.69, 9.17) is 0 Å². The number of benzene rings is 1. The number of carbonyl (C=O) groups is 3. The second-order valence-electron chi connectivity index (χ2n) is 5.13. The normalized spacial score (nSPS) is 24.1. The topological polar surface area (TPSA) is 66.5 Å². The highest BCUT2D eigenvalue weighted by Crippen LogP contribution is 2.29. The van der Waals surface area contributed by atoms with E-state index >= 15 is 0 Å². The Bertz CT molecular complexity index is 583. The summed E-state index contributed by atoms with van der Waals surface area (Å²) >= 11 is 0. The predicted octanol–water partition coefficient (Wildman–Crippen LogP) is 1.72. The van der Waals surface area contributed by atoms with E-state index in [1.54, 1.807) is 11.0 Å². The van der Waals surface area contributed by atoms with Gasteiger partial charge in [0.15, 0.2) is 0 Å². The van der Waals surface area contributed by atoms with Crippen LogP contribution < -0.4 is 5.32 Å². The molecule has 1 aromatic carbocycles. The zero-order chi connectivity index (χ0) is 15.6. The fraction of sp³-hybridized carbons (Fsp3) is 0.438. The molecule has 1 N–H and O–H groups in total. The molecular weight excluding hydrogens is 268 g/mol. The average molecular weight is 288 g/mol. The van der Waals surface area contributed by atoms with Crippen LogP contribution >= 0.6 is 0 Å². The van der Waals surface area contributed by atoms with E-state index in [0.717, 1.165) is 5.56 Å². The summed E-state index contributed by atoms with van der Waals surface area (Å²) in [7, 11) is 0. The molecule has 2 heterocycles. The average Bonchev–Trinajstić information content (AvgIpc) is 2.78. The summed E-state index contributed by atoms with van der Waals surface area (Å²) in [4.78, 5) is 37.2. The van der Waals surface area contributed by atoms with Gasteiger partial charge in [-0.2, -0.15) is 0 Å². The van der Waals surface area contributed by atoms with Crippen molar-refractivity contribution in [3.63, 3.8) is 0 Å². The molecule has 1 saturated heterocycles. The maximum Gasteiger partial charge on any atom is 0.255 e. The van der Waals surface area contributed by atoms with Gasteiger partial charge in [0.1, 0.15) is 6.04 Å². The highest BCUT2D eigenvalue weighted by molar-refractivity contribution is 6.05. The van der Waals surface area contributed by atoms with Gasteiger partial charge in [-0.05, 0) is 17.5 Å². The zero-order valence-corrected chi connectivity index (χ0v) is 12.6. The quantitative estimate of drug-likeness (QED) is 0.800. The number of amides is 3. The predicted molar refractivity (Wildman–Crippen MR) is 78.4 cm³/mol. The number of piperidine rings is 1. The molecule has 3 amide bonds. The minimum absolute atomic E-state index is 0.128. The Morgan fingerprint density at radius 2 is 1.81 bits per heavy atom. The van der Waals surface area contributed by atoms with Crippen molar-refractivity contribution in [1.82, 2.24) is 10.2 Å². The van der Waals surface area contributed by atoms with E-state index in [1.165, 1.54) is 0 Å². The number of nitrogens with one attached hydrogen (secondary N) is 1. The minimum Gasteiger partial charge on any atom is -0.322 e. The minimum atomic E-state index is -0.558. The highest BCUT2D eigenvalue weighted by Gasteiger charge is 2.42. The van der Waals surface area contributed by atoms with E-state index < -0.39 is 6.04 Å². The lowest BCUT2D eigenvalue weighted by molar-refractivity contribution is -0.139. The van der Waals surface area contributed by atoms with E-state index in [0.29, 0.717) is 12.1 Å². The van der Waals surface area contributed by atoms with Gasteiger partial charge in [0.25, 0.3) is 5.91 Å². The molecule has 0 spiro atoms. The number of hydrogen-bond acceptors (Lipinski definition) is 3. The number of imide groups is 1. The second kappa shape index (κ2) is 6.08. The molecule has 0 bridgehead atoms. The van der Waals surface area contributed by atoms with E-state index in [9.17, 15) is 14.4 Å². The Morgan fingerprint density at radius 1 is 1.14 bits per heavy atom. The van der Waals surface area contributed by atoms with Crippen molar-refractivity contribution in [2.24, 2.45) is 5.92 Å². The van der Waals surface area contributed by atoms with Crippen LogP contribution in [0.1, 0.15) is 43.1 Å². The summed E-state index contributed by atoms with van der Waals surface area (Å²) in [5, 5.41) is 2.31. The molecule has 1 fully saturated rings. The molecule has 5 heteroatoms. The highest BCUT2D eigenvalue weighted by atomic mass is 16.2. The van der Waals surface area contributed by atoms with Crippen LogP contribution in [-0.4, -0.2) is 28.7 Å². The molecule has 0 saturated carbocycles. The first-order valence-electron chi connectivity index (χ1n) is 7.30. The Labute approximate surface area is 124 Å². The van der Waals surface area contributed by atoms with Gasteiger partial charge in [0.05, 0.1) is 0 Å². The van der Waals surface area contributed by atoms with Crippen molar-refractivity contribution >= 4 is 17.7 Å². The van der Waals surface area contributed by atoms with Gasteiger partial charge in [0, 0.05) is 18.5 Å². The van der Waals surface area contributed by atoms with Crippen molar-refractivity contribution in [3.8, 4) is 0 Å². The Balaban J connectivity index is 0.000000774. The summed E-state index contributed by atoms with van der Waals surface area (Å²) in [6.45, 7) is 6.27. The molecule has 2 atom stereocenters. The van der Waals surface area contributed by atoms with E-state index in [2.05, 4.69) is 5.32 Å². The third-order valence-corrected chi connectivity index (χ3v) is 3.76. The first kappa shape index (κ1) is 15.2. The first-order valence-corrected chi connectivity index (χ1v) is 7.30. The lowest BCUT2D eigenvalue weighted by Crippen LogP contribution is -2.56. The molecule has 112 valence electrons. The summed E-state index contributed by atoms with van der Waals surface area (Å²) in [6, 6.07) is 6.80. The van der Waals surface area contributed by atoms with Gasteiger partial charge in [-0.3, -0.25) is 19.7 Å². The fourth-order valence-electron chi connectivity index (χ4n) is 2.88. The van der Waals surface area contributed by atoms with Crippen molar-refractivity contribution in [2.45, 2.75) is 39.8 Å². The molecule has 2 aliphatic rings. The standard InChI is InChI=1S/C14H14N2O3.C2H6/c1-8-6-11(17)15-13(18)12(8)16-7-9-4-2-3-5-10(9)14(16)19;1-2/h2-5,8,12H,6-7H2,1H3,(H,15,17,18);1-2H3/t8-,12-;/m0./s1. The van der Waals surface area contributed by atoms with Gasteiger partial charge < -0.3 is 4.90 Å². The molecule has 2 aliphatic heterocycles. The van der Waals surface area contributed by atoms with Crippen LogP contribution in [0.5, 0.6) is 0 Å². The third-order valence-electron chi connectivity index (χ3n) is 3.76. The molecule has 5 nitrogen and oxygen atoms in total. The Kier molecular flexibility index (Phi) is 4.40. The zero-order valence-electron chi connectivity index (χ0n) is 12.6. The summed E-state index contributed by atoms with van der Waals surface area (Å²) < 4.78 is 0.